The second kappa shape index (κ2) is 4.64. The maximum atomic E-state index is 5.97. The SMILES string of the molecule is C=C[CH2][Sn]([Cl])([Cl])[CH2]C=C. The van der Waals surface area contributed by atoms with Gasteiger partial charge < -0.3 is 0 Å². The molecule has 0 aliphatic heterocycles. The van der Waals surface area contributed by atoms with Gasteiger partial charge in [0.25, 0.3) is 0 Å². The van der Waals surface area contributed by atoms with Crippen LogP contribution >= 0.6 is 17.8 Å². The molecule has 0 aliphatic carbocycles. The maximum absolute atomic E-state index is 5.97. The molecule has 0 aromatic heterocycles. The van der Waals surface area contributed by atoms with Gasteiger partial charge in [-0.15, -0.1) is 0 Å². The molecule has 0 radical (unpaired) electrons. The zero-order valence-electron chi connectivity index (χ0n) is 5.24. The van der Waals surface area contributed by atoms with E-state index in [2.05, 4.69) is 13.2 Å². The number of rotatable bonds is 4. The molecule has 3 heteroatoms. The van der Waals surface area contributed by atoms with E-state index in [0.29, 0.717) is 0 Å². The van der Waals surface area contributed by atoms with Crippen LogP contribution in [0.25, 0.3) is 0 Å². The summed E-state index contributed by atoms with van der Waals surface area (Å²) in [6, 6.07) is 0. The summed E-state index contributed by atoms with van der Waals surface area (Å²) in [5.41, 5.74) is 0. The predicted molar refractivity (Wildman–Crippen MR) is 47.5 cm³/mol. The van der Waals surface area contributed by atoms with E-state index in [1.165, 1.54) is 0 Å². The number of allylic oxidation sites excluding steroid dienone is 2. The van der Waals surface area contributed by atoms with E-state index in [1.807, 2.05) is 0 Å². The van der Waals surface area contributed by atoms with Crippen molar-refractivity contribution in [2.75, 3.05) is 0 Å². The molecule has 9 heavy (non-hydrogen) atoms. The van der Waals surface area contributed by atoms with Crippen LogP contribution in [0.1, 0.15) is 0 Å². The van der Waals surface area contributed by atoms with Gasteiger partial charge in [-0.3, -0.25) is 0 Å². The number of hydrogen-bond donors (Lipinski definition) is 0. The van der Waals surface area contributed by atoms with Gasteiger partial charge in [0.2, 0.25) is 0 Å². The summed E-state index contributed by atoms with van der Waals surface area (Å²) in [6.07, 6.45) is 3.58. The van der Waals surface area contributed by atoms with Crippen LogP contribution in [-0.2, 0) is 0 Å². The van der Waals surface area contributed by atoms with Crippen molar-refractivity contribution in [2.24, 2.45) is 0 Å². The Bertz CT molecular complexity index is 97.6. The molecule has 0 fully saturated rings. The summed E-state index contributed by atoms with van der Waals surface area (Å²) < 4.78 is 1.62. The topological polar surface area (TPSA) is 0 Å². The average molecular weight is 272 g/mol. The third-order valence-electron chi connectivity index (χ3n) is 0.886. The fourth-order valence-electron chi connectivity index (χ4n) is 0.506. The van der Waals surface area contributed by atoms with Gasteiger partial charge >= 0.3 is 68.1 Å². The summed E-state index contributed by atoms with van der Waals surface area (Å²) in [7, 11) is 11.9. The third-order valence-corrected chi connectivity index (χ3v) is 10.1. The molecule has 0 N–H and O–H groups in total. The Labute approximate surface area is 67.8 Å². The molecule has 0 saturated carbocycles. The molecule has 0 rings (SSSR count). The van der Waals surface area contributed by atoms with Crippen LogP contribution in [0.2, 0.25) is 8.87 Å². The first-order chi connectivity index (χ1) is 4.12. The molecular weight excluding hydrogens is 262 g/mol. The summed E-state index contributed by atoms with van der Waals surface area (Å²) >= 11 is -2.66. The van der Waals surface area contributed by atoms with Crippen molar-refractivity contribution in [3.63, 3.8) is 0 Å². The normalized spacial score (nSPS) is 10.9. The van der Waals surface area contributed by atoms with Gasteiger partial charge in [-0.25, -0.2) is 0 Å². The van der Waals surface area contributed by atoms with Crippen LogP contribution in [0.15, 0.2) is 25.3 Å². The monoisotopic (exact) mass is 272 g/mol. The molecule has 0 nitrogen and oxygen atoms in total. The molecular formula is C6H10Cl2Sn. The van der Waals surface area contributed by atoms with Gasteiger partial charge in [-0.1, -0.05) is 0 Å². The van der Waals surface area contributed by atoms with Crippen molar-refractivity contribution in [3.05, 3.63) is 25.3 Å². The van der Waals surface area contributed by atoms with Crippen LogP contribution < -0.4 is 0 Å². The third kappa shape index (κ3) is 5.31. The summed E-state index contributed by atoms with van der Waals surface area (Å²) in [6.45, 7) is 7.15. The van der Waals surface area contributed by atoms with Crippen LogP contribution in [0.4, 0.5) is 0 Å². The minimum absolute atomic E-state index is 0.809. The quantitative estimate of drug-likeness (QED) is 0.544. The Kier molecular flexibility index (Phi) is 5.08. The first-order valence-corrected chi connectivity index (χ1v) is 14.0. The van der Waals surface area contributed by atoms with Crippen molar-refractivity contribution in [2.45, 2.75) is 8.87 Å². The van der Waals surface area contributed by atoms with Gasteiger partial charge in [0.15, 0.2) is 0 Å². The van der Waals surface area contributed by atoms with Crippen LogP contribution in [0.3, 0.4) is 0 Å². The molecule has 0 unspecified atom stereocenters. The number of halogens is 2. The van der Waals surface area contributed by atoms with Gasteiger partial charge in [-0.2, -0.15) is 0 Å². The molecule has 0 aromatic carbocycles. The number of hydrogen-bond acceptors (Lipinski definition) is 0. The fourth-order valence-corrected chi connectivity index (χ4v) is 6.32. The van der Waals surface area contributed by atoms with E-state index in [1.54, 1.807) is 12.2 Å². The van der Waals surface area contributed by atoms with Crippen molar-refractivity contribution in [3.8, 4) is 0 Å². The fraction of sp³-hybridized carbons (Fsp3) is 0.333. The first-order valence-electron chi connectivity index (χ1n) is 2.72. The van der Waals surface area contributed by atoms with E-state index in [0.717, 1.165) is 8.87 Å². The average Bonchev–Trinajstić information content (AvgIpc) is 1.64. The van der Waals surface area contributed by atoms with Crippen LogP contribution in [0.5, 0.6) is 0 Å². The molecule has 0 atom stereocenters. The predicted octanol–water partition coefficient (Wildman–Crippen LogP) is 3.28. The van der Waals surface area contributed by atoms with E-state index in [9.17, 15) is 0 Å². The Balaban J connectivity index is 3.68. The van der Waals surface area contributed by atoms with Crippen LogP contribution in [0, 0.1) is 0 Å². The molecule has 0 amide bonds. The minimum atomic E-state index is -2.66. The Morgan fingerprint density at radius 3 is 1.67 bits per heavy atom. The second-order valence-corrected chi connectivity index (χ2v) is 20.1. The van der Waals surface area contributed by atoms with Crippen molar-refractivity contribution >= 4 is 34.0 Å². The van der Waals surface area contributed by atoms with E-state index >= 15 is 0 Å². The van der Waals surface area contributed by atoms with Gasteiger partial charge in [0.1, 0.15) is 0 Å². The van der Waals surface area contributed by atoms with Crippen molar-refractivity contribution in [1.82, 2.24) is 0 Å². The Hall–Kier alpha value is 0.859. The molecule has 0 aromatic rings. The first kappa shape index (κ1) is 9.86. The Morgan fingerprint density at radius 1 is 1.11 bits per heavy atom. The van der Waals surface area contributed by atoms with Gasteiger partial charge in [0.05, 0.1) is 0 Å². The second-order valence-electron chi connectivity index (χ2n) is 1.84. The zero-order valence-corrected chi connectivity index (χ0v) is 9.61. The molecule has 0 saturated heterocycles. The molecule has 52 valence electrons. The summed E-state index contributed by atoms with van der Waals surface area (Å²) in [5.74, 6) is 0. The Morgan fingerprint density at radius 2 is 1.44 bits per heavy atom. The molecule has 0 spiro atoms. The van der Waals surface area contributed by atoms with Gasteiger partial charge in [-0.05, 0) is 0 Å². The summed E-state index contributed by atoms with van der Waals surface area (Å²) in [5, 5.41) is 0. The van der Waals surface area contributed by atoms with Gasteiger partial charge in [0, 0.05) is 0 Å². The molecule has 0 aliphatic rings. The molecule has 0 heterocycles. The van der Waals surface area contributed by atoms with E-state index in [-0.39, 0.29) is 0 Å². The van der Waals surface area contributed by atoms with Crippen molar-refractivity contribution in [1.29, 1.82) is 0 Å². The van der Waals surface area contributed by atoms with E-state index < -0.39 is 16.1 Å². The zero-order chi connectivity index (χ0) is 7.33. The molecule has 0 bridgehead atoms. The van der Waals surface area contributed by atoms with Crippen LogP contribution in [-0.4, -0.2) is 16.1 Å². The standard InChI is InChI=1S/2C3H5.2ClH.Sn/c2*1-3-2;;;/h2*3H,1-2H2;2*1H;/q;;;;+2/p-2. The van der Waals surface area contributed by atoms with Crippen molar-refractivity contribution < 1.29 is 0 Å². The van der Waals surface area contributed by atoms with E-state index in [4.69, 9.17) is 17.8 Å². The summed E-state index contributed by atoms with van der Waals surface area (Å²) in [4.78, 5) is 0.